The van der Waals surface area contributed by atoms with Crippen molar-refractivity contribution in [3.63, 3.8) is 0 Å². The first kappa shape index (κ1) is 33.5. The Kier molecular flexibility index (Phi) is 10.8. The molecule has 0 amide bonds. The van der Waals surface area contributed by atoms with Crippen LogP contribution in [0.1, 0.15) is 59.3 Å². The van der Waals surface area contributed by atoms with Gasteiger partial charge in [-0.15, -0.1) is 0 Å². The molecule has 0 aromatic heterocycles. The van der Waals surface area contributed by atoms with Gasteiger partial charge in [0.15, 0.2) is 5.79 Å². The maximum atomic E-state index is 7.17. The van der Waals surface area contributed by atoms with Crippen LogP contribution in [-0.4, -0.2) is 24.6 Å². The van der Waals surface area contributed by atoms with Crippen LogP contribution in [0.4, 0.5) is 0 Å². The number of hydrogen-bond acceptors (Lipinski definition) is 5. The van der Waals surface area contributed by atoms with E-state index in [1.54, 1.807) is 0 Å². The Balaban J connectivity index is 1.23. The van der Waals surface area contributed by atoms with Crippen LogP contribution in [0.15, 0.2) is 133 Å². The summed E-state index contributed by atoms with van der Waals surface area (Å²) in [6.07, 6.45) is 1.28. The van der Waals surface area contributed by atoms with Crippen LogP contribution in [0.2, 0.25) is 5.02 Å². The molecule has 1 saturated carbocycles. The number of rotatable bonds is 14. The van der Waals surface area contributed by atoms with E-state index in [0.29, 0.717) is 37.9 Å². The third-order valence-electron chi connectivity index (χ3n) is 9.64. The van der Waals surface area contributed by atoms with E-state index in [4.69, 9.17) is 35.3 Å². The molecule has 0 N–H and O–H groups in total. The molecule has 1 aliphatic carbocycles. The van der Waals surface area contributed by atoms with E-state index < -0.39 is 11.9 Å². The molecule has 5 aromatic rings. The largest absolute Gasteiger partial charge is 0.494 e. The lowest BCUT2D eigenvalue weighted by Gasteiger charge is -2.58. The van der Waals surface area contributed by atoms with Crippen molar-refractivity contribution in [3.05, 3.63) is 172 Å². The van der Waals surface area contributed by atoms with Gasteiger partial charge in [0.05, 0.1) is 32.5 Å². The second-order valence-corrected chi connectivity index (χ2v) is 13.3. The quantitative estimate of drug-likeness (QED) is 0.117. The molecule has 6 heteroatoms. The smallest absolute Gasteiger partial charge is 0.175 e. The second kappa shape index (κ2) is 15.7. The van der Waals surface area contributed by atoms with Gasteiger partial charge in [0.2, 0.25) is 0 Å². The minimum Gasteiger partial charge on any atom is -0.494 e. The molecule has 0 bridgehead atoms. The Labute approximate surface area is 294 Å². The van der Waals surface area contributed by atoms with Crippen LogP contribution in [0, 0.1) is 5.92 Å². The lowest BCUT2D eigenvalue weighted by molar-refractivity contribution is -0.400. The molecule has 2 fully saturated rings. The van der Waals surface area contributed by atoms with Crippen LogP contribution in [0.3, 0.4) is 0 Å². The van der Waals surface area contributed by atoms with E-state index in [1.807, 2.05) is 79.7 Å². The number of fused-ring (bicyclic) bond motifs is 1. The zero-order chi connectivity index (χ0) is 33.5. The number of benzene rings is 5. The van der Waals surface area contributed by atoms with Crippen molar-refractivity contribution < 1.29 is 23.7 Å². The van der Waals surface area contributed by atoms with Crippen LogP contribution in [0.5, 0.6) is 5.75 Å². The van der Waals surface area contributed by atoms with E-state index in [9.17, 15) is 0 Å². The predicted octanol–water partition coefficient (Wildman–Crippen LogP) is 9.89. The highest BCUT2D eigenvalue weighted by molar-refractivity contribution is 6.31. The molecule has 0 spiro atoms. The zero-order valence-electron chi connectivity index (χ0n) is 27.9. The van der Waals surface area contributed by atoms with Gasteiger partial charge in [0, 0.05) is 17.4 Å². The van der Waals surface area contributed by atoms with E-state index in [0.717, 1.165) is 52.0 Å². The summed E-state index contributed by atoms with van der Waals surface area (Å²) in [6, 6.07) is 45.3. The summed E-state index contributed by atoms with van der Waals surface area (Å²) in [7, 11) is 0. The molecule has 5 nitrogen and oxygen atoms in total. The fourth-order valence-electron chi connectivity index (χ4n) is 6.97. The molecular formula is C43H43ClO5. The third kappa shape index (κ3) is 7.93. The second-order valence-electron chi connectivity index (χ2n) is 12.9. The van der Waals surface area contributed by atoms with Crippen molar-refractivity contribution in [2.75, 3.05) is 6.61 Å². The summed E-state index contributed by atoms with van der Waals surface area (Å²) in [5.74, 6) is 0.0636. The van der Waals surface area contributed by atoms with Gasteiger partial charge < -0.3 is 23.7 Å². The summed E-state index contributed by atoms with van der Waals surface area (Å²) in [5, 5.41) is 0.712. The fourth-order valence-corrected chi connectivity index (χ4v) is 7.15. The summed E-state index contributed by atoms with van der Waals surface area (Å²) in [4.78, 5) is 0. The Morgan fingerprint density at radius 1 is 0.673 bits per heavy atom. The zero-order valence-corrected chi connectivity index (χ0v) is 28.6. The van der Waals surface area contributed by atoms with Gasteiger partial charge in [0.25, 0.3) is 0 Å². The molecule has 5 aromatic carbocycles. The highest BCUT2D eigenvalue weighted by atomic mass is 35.5. The maximum Gasteiger partial charge on any atom is 0.175 e. The average Bonchev–Trinajstić information content (AvgIpc) is 3.13. The summed E-state index contributed by atoms with van der Waals surface area (Å²) < 4.78 is 33.4. The highest BCUT2D eigenvalue weighted by Gasteiger charge is 2.62. The number of halogens is 1. The van der Waals surface area contributed by atoms with Crippen LogP contribution in [0.25, 0.3) is 0 Å². The number of ether oxygens (including phenoxy) is 5. The van der Waals surface area contributed by atoms with Crippen LogP contribution in [-0.2, 0) is 45.2 Å². The third-order valence-corrected chi connectivity index (χ3v) is 10.0. The van der Waals surface area contributed by atoms with Gasteiger partial charge in [-0.25, -0.2) is 0 Å². The minimum atomic E-state index is -0.802. The lowest BCUT2D eigenvalue weighted by Crippen LogP contribution is -2.65. The van der Waals surface area contributed by atoms with E-state index >= 15 is 0 Å². The molecule has 49 heavy (non-hydrogen) atoms. The van der Waals surface area contributed by atoms with Gasteiger partial charge in [0.1, 0.15) is 18.0 Å². The van der Waals surface area contributed by atoms with Gasteiger partial charge in [-0.3, -0.25) is 0 Å². The molecule has 1 heterocycles. The topological polar surface area (TPSA) is 46.2 Å². The first-order valence-corrected chi connectivity index (χ1v) is 17.6. The first-order valence-electron chi connectivity index (χ1n) is 17.3. The van der Waals surface area contributed by atoms with E-state index in [-0.39, 0.29) is 18.1 Å². The molecule has 1 saturated heterocycles. The first-order chi connectivity index (χ1) is 24.1. The fraction of sp³-hybridized carbons (Fsp3) is 0.302. The molecule has 2 aliphatic rings. The SMILES string of the molecule is CCOc1ccc(Cc2cc([C@@H]3O[C@]4(OCc5ccccc5)CC[C@@H]4[C@H](OCc4ccccc4)[C@H]3OCc3ccccc3)ccc2Cl)cc1. The molecule has 1 aliphatic heterocycles. The number of hydrogen-bond donors (Lipinski definition) is 0. The Morgan fingerprint density at radius 3 is 1.84 bits per heavy atom. The van der Waals surface area contributed by atoms with E-state index in [2.05, 4.69) is 60.7 Å². The predicted molar refractivity (Wildman–Crippen MR) is 192 cm³/mol. The minimum absolute atomic E-state index is 0.00701. The van der Waals surface area contributed by atoms with Crippen LogP contribution < -0.4 is 4.74 Å². The van der Waals surface area contributed by atoms with E-state index in [1.165, 1.54) is 0 Å². The lowest BCUT2D eigenvalue weighted by atomic mass is 9.69. The summed E-state index contributed by atoms with van der Waals surface area (Å²) in [6.45, 7) is 3.99. The highest BCUT2D eigenvalue weighted by Crippen LogP contribution is 2.55. The molecule has 0 radical (unpaired) electrons. The van der Waals surface area contributed by atoms with Crippen molar-refractivity contribution in [2.45, 2.75) is 70.1 Å². The molecular weight excluding hydrogens is 632 g/mol. The van der Waals surface area contributed by atoms with Crippen molar-refractivity contribution in [1.82, 2.24) is 0 Å². The molecule has 0 unspecified atom stereocenters. The normalized spacial score (nSPS) is 23.0. The van der Waals surface area contributed by atoms with Crippen molar-refractivity contribution in [2.24, 2.45) is 5.92 Å². The molecule has 7 rings (SSSR count). The maximum absolute atomic E-state index is 7.17. The monoisotopic (exact) mass is 674 g/mol. The molecule has 5 atom stereocenters. The van der Waals surface area contributed by atoms with Crippen LogP contribution >= 0.6 is 11.6 Å². The molecule has 252 valence electrons. The Hall–Kier alpha value is -3.97. The van der Waals surface area contributed by atoms with Gasteiger partial charge in [-0.1, -0.05) is 127 Å². The summed E-state index contributed by atoms with van der Waals surface area (Å²) >= 11 is 6.85. The van der Waals surface area contributed by atoms with Gasteiger partial charge >= 0.3 is 0 Å². The van der Waals surface area contributed by atoms with Crippen molar-refractivity contribution in [1.29, 1.82) is 0 Å². The van der Waals surface area contributed by atoms with Gasteiger partial charge in [-0.2, -0.15) is 0 Å². The summed E-state index contributed by atoms with van der Waals surface area (Å²) in [5.41, 5.74) is 6.48. The van der Waals surface area contributed by atoms with Crippen molar-refractivity contribution >= 4 is 11.6 Å². The van der Waals surface area contributed by atoms with Gasteiger partial charge in [-0.05, 0) is 71.3 Å². The Morgan fingerprint density at radius 2 is 1.27 bits per heavy atom. The Bertz CT molecular complexity index is 1770. The van der Waals surface area contributed by atoms with Crippen molar-refractivity contribution in [3.8, 4) is 5.75 Å². The average molecular weight is 675 g/mol. The standard InChI is InChI=1S/C43H43ClO5/c1-2-45-37-21-18-31(19-22-37)26-36-27-35(20-23-39(36)44)40-42(47-29-33-14-8-4-9-15-33)41(46-28-32-12-6-3-7-13-32)38-24-25-43(38,49-40)48-30-34-16-10-5-11-17-34/h3-23,27,38,40-42H,2,24-26,28-30H2,1H3/t38-,40+,41+,42+,43-/m1/s1.